The van der Waals surface area contributed by atoms with Crippen molar-refractivity contribution in [2.24, 2.45) is 17.8 Å². The van der Waals surface area contributed by atoms with E-state index in [0.29, 0.717) is 0 Å². The lowest BCUT2D eigenvalue weighted by Crippen LogP contribution is -2.55. The van der Waals surface area contributed by atoms with Crippen LogP contribution in [0.15, 0.2) is 24.3 Å². The fourth-order valence-corrected chi connectivity index (χ4v) is 5.53. The molecule has 1 aliphatic heterocycles. The van der Waals surface area contributed by atoms with Crippen molar-refractivity contribution in [1.29, 1.82) is 0 Å². The van der Waals surface area contributed by atoms with Crippen LogP contribution in [0.25, 0.3) is 0 Å². The second kappa shape index (κ2) is 6.55. The lowest BCUT2D eigenvalue weighted by Gasteiger charge is -2.36. The van der Waals surface area contributed by atoms with Gasteiger partial charge in [0.15, 0.2) is 5.79 Å². The molecule has 13 heteroatoms. The van der Waals surface area contributed by atoms with Gasteiger partial charge < -0.3 is 9.47 Å². The minimum atomic E-state index is -6.38. The summed E-state index contributed by atoms with van der Waals surface area (Å²) in [5.41, 5.74) is -1.00. The van der Waals surface area contributed by atoms with Gasteiger partial charge in [0.2, 0.25) is 0 Å². The Kier molecular flexibility index (Phi) is 4.80. The van der Waals surface area contributed by atoms with Gasteiger partial charge in [0, 0.05) is 11.5 Å². The third-order valence-corrected chi connectivity index (χ3v) is 7.39. The van der Waals surface area contributed by atoms with Crippen LogP contribution in [0.3, 0.4) is 0 Å². The number of rotatable bonds is 4. The van der Waals surface area contributed by atoms with Gasteiger partial charge in [-0.25, -0.2) is 0 Å². The number of ether oxygens (including phenoxy) is 2. The van der Waals surface area contributed by atoms with Gasteiger partial charge in [-0.05, 0) is 43.7 Å². The Morgan fingerprint density at radius 2 is 1.65 bits per heavy atom. The van der Waals surface area contributed by atoms with Gasteiger partial charge in [-0.3, -0.25) is 4.55 Å². The molecule has 6 atom stereocenters. The molecule has 31 heavy (non-hydrogen) atoms. The Morgan fingerprint density at radius 3 is 2.23 bits per heavy atom. The van der Waals surface area contributed by atoms with Gasteiger partial charge in [-0.2, -0.15) is 39.2 Å². The first-order chi connectivity index (χ1) is 14.0. The summed E-state index contributed by atoms with van der Waals surface area (Å²) in [4.78, 5) is 0. The molecule has 174 valence electrons. The van der Waals surface area contributed by atoms with E-state index in [9.17, 15) is 39.2 Å². The van der Waals surface area contributed by atoms with Gasteiger partial charge in [0.1, 0.15) is 0 Å². The molecule has 2 saturated carbocycles. The number of alkyl halides is 7. The fraction of sp³-hybridized carbons (Fsp3) is 0.667. The van der Waals surface area contributed by atoms with Gasteiger partial charge in [-0.1, -0.05) is 12.1 Å². The molecule has 1 aromatic rings. The van der Waals surface area contributed by atoms with Crippen molar-refractivity contribution in [3.05, 3.63) is 35.4 Å². The molecule has 0 radical (unpaired) electrons. The Balaban J connectivity index is 1.62. The van der Waals surface area contributed by atoms with Crippen molar-refractivity contribution in [1.82, 2.24) is 0 Å². The first kappa shape index (κ1) is 22.7. The first-order valence-corrected chi connectivity index (χ1v) is 10.7. The number of benzene rings is 1. The molecule has 3 aliphatic rings. The van der Waals surface area contributed by atoms with Crippen LogP contribution in [0.5, 0.6) is 0 Å². The summed E-state index contributed by atoms with van der Waals surface area (Å²) in [6.07, 6.45) is -7.13. The second-order valence-corrected chi connectivity index (χ2v) is 9.77. The van der Waals surface area contributed by atoms with Crippen LogP contribution in [0.1, 0.15) is 30.9 Å². The van der Waals surface area contributed by atoms with Crippen molar-refractivity contribution in [2.45, 2.75) is 55.1 Å². The molecule has 6 unspecified atom stereocenters. The topological polar surface area (TPSA) is 72.8 Å². The molecule has 5 nitrogen and oxygen atoms in total. The lowest BCUT2D eigenvalue weighted by atomic mass is 9.81. The molecule has 1 heterocycles. The minimum Gasteiger partial charge on any atom is -0.340 e. The molecule has 0 spiro atoms. The molecule has 1 aromatic carbocycles. The van der Waals surface area contributed by atoms with Crippen LogP contribution < -0.4 is 0 Å². The van der Waals surface area contributed by atoms with E-state index in [0.717, 1.165) is 18.2 Å². The standard InChI is InChI=1S/C18H17F7O5S/c1-15(9-3-2-4-10(7-9)17(21,22)23)29-13-8-5-11(14(13)30-15)12(6-8)16(19,20)18(24,25)31(26,27)28/h2-4,7-8,11-14H,5-6H2,1H3,(H,26,27,28). The van der Waals surface area contributed by atoms with Crippen LogP contribution >= 0.6 is 0 Å². The summed E-state index contributed by atoms with van der Waals surface area (Å²) in [7, 11) is -6.38. The summed E-state index contributed by atoms with van der Waals surface area (Å²) in [6, 6.07) is 4.06. The number of fused-ring (bicyclic) bond motifs is 5. The monoisotopic (exact) mass is 478 g/mol. The lowest BCUT2D eigenvalue weighted by molar-refractivity contribution is -0.214. The predicted octanol–water partition coefficient (Wildman–Crippen LogP) is 4.43. The Bertz CT molecular complexity index is 995. The Hall–Kier alpha value is -1.44. The number of hydrogen-bond donors (Lipinski definition) is 1. The average molecular weight is 478 g/mol. The first-order valence-electron chi connectivity index (χ1n) is 9.25. The molecule has 1 saturated heterocycles. The van der Waals surface area contributed by atoms with Crippen molar-refractivity contribution in [3.63, 3.8) is 0 Å². The zero-order valence-electron chi connectivity index (χ0n) is 15.7. The van der Waals surface area contributed by atoms with Gasteiger partial charge in [0.25, 0.3) is 0 Å². The molecule has 2 aliphatic carbocycles. The number of hydrogen-bond acceptors (Lipinski definition) is 4. The maximum Gasteiger partial charge on any atom is 0.431 e. The van der Waals surface area contributed by atoms with Crippen molar-refractivity contribution in [2.75, 3.05) is 0 Å². The minimum absolute atomic E-state index is 0.00415. The van der Waals surface area contributed by atoms with E-state index >= 15 is 0 Å². The summed E-state index contributed by atoms with van der Waals surface area (Å²) < 4.78 is 138. The van der Waals surface area contributed by atoms with E-state index in [2.05, 4.69) is 0 Å². The average Bonchev–Trinajstić information content (AvgIpc) is 3.30. The van der Waals surface area contributed by atoms with Crippen LogP contribution in [0.2, 0.25) is 0 Å². The molecule has 4 rings (SSSR count). The quantitative estimate of drug-likeness (QED) is 0.512. The van der Waals surface area contributed by atoms with Crippen LogP contribution in [-0.2, 0) is 31.6 Å². The maximum absolute atomic E-state index is 14.5. The maximum atomic E-state index is 14.5. The zero-order valence-corrected chi connectivity index (χ0v) is 16.6. The Labute approximate surface area is 172 Å². The highest BCUT2D eigenvalue weighted by Gasteiger charge is 2.75. The SMILES string of the molecule is CC1(c2cccc(C(F)(F)F)c2)OC2C3CC(C2O1)C(C(F)(F)C(F)(F)S(=O)(=O)O)C3. The molecule has 2 bridgehead atoms. The highest BCUT2D eigenvalue weighted by Crippen LogP contribution is 2.62. The van der Waals surface area contributed by atoms with Crippen molar-refractivity contribution < 1.29 is 53.2 Å². The van der Waals surface area contributed by atoms with E-state index in [1.807, 2.05) is 0 Å². The van der Waals surface area contributed by atoms with Gasteiger partial charge >= 0.3 is 27.5 Å². The van der Waals surface area contributed by atoms with E-state index in [4.69, 9.17) is 14.0 Å². The normalized spacial score (nSPS) is 36.1. The third kappa shape index (κ3) is 3.26. The van der Waals surface area contributed by atoms with Crippen molar-refractivity contribution >= 4 is 10.1 Å². The highest BCUT2D eigenvalue weighted by molar-refractivity contribution is 7.87. The van der Waals surface area contributed by atoms with E-state index in [-0.39, 0.29) is 12.0 Å². The predicted molar refractivity (Wildman–Crippen MR) is 89.7 cm³/mol. The summed E-state index contributed by atoms with van der Waals surface area (Å²) >= 11 is 0. The molecule has 0 amide bonds. The van der Waals surface area contributed by atoms with Crippen LogP contribution in [0.4, 0.5) is 30.7 Å². The third-order valence-electron chi connectivity index (χ3n) is 6.47. The fourth-order valence-electron chi connectivity index (χ4n) is 5.04. The molecule has 0 aromatic heterocycles. The summed E-state index contributed by atoms with van der Waals surface area (Å²) in [5, 5.41) is -5.70. The number of halogens is 7. The van der Waals surface area contributed by atoms with Crippen LogP contribution in [0, 0.1) is 17.8 Å². The molecular weight excluding hydrogens is 461 g/mol. The van der Waals surface area contributed by atoms with E-state index in [1.54, 1.807) is 0 Å². The van der Waals surface area contributed by atoms with Crippen LogP contribution in [-0.4, -0.2) is 36.4 Å². The zero-order chi connectivity index (χ0) is 23.2. The smallest absolute Gasteiger partial charge is 0.340 e. The second-order valence-electron chi connectivity index (χ2n) is 8.31. The molecule has 3 fully saturated rings. The summed E-state index contributed by atoms with van der Waals surface area (Å²) in [5.74, 6) is -10.9. The van der Waals surface area contributed by atoms with Crippen molar-refractivity contribution in [3.8, 4) is 0 Å². The highest BCUT2D eigenvalue weighted by atomic mass is 32.2. The summed E-state index contributed by atoms with van der Waals surface area (Å²) in [6.45, 7) is 1.31. The van der Waals surface area contributed by atoms with Gasteiger partial charge in [-0.15, -0.1) is 0 Å². The van der Waals surface area contributed by atoms with Gasteiger partial charge in [0.05, 0.1) is 17.8 Å². The molecular formula is C18H17F7O5S. The van der Waals surface area contributed by atoms with E-state index < -0.39 is 75.2 Å². The Morgan fingerprint density at radius 1 is 1.03 bits per heavy atom. The largest absolute Gasteiger partial charge is 0.431 e. The van der Waals surface area contributed by atoms with E-state index in [1.165, 1.54) is 13.0 Å². The molecule has 1 N–H and O–H groups in total.